The van der Waals surface area contributed by atoms with Gasteiger partial charge in [0.25, 0.3) is 0 Å². The van der Waals surface area contributed by atoms with Crippen molar-refractivity contribution in [3.05, 3.63) is 29.8 Å². The molecule has 2 atom stereocenters. The number of piperazine rings is 1. The molecule has 2 fully saturated rings. The molecule has 1 aliphatic carbocycles. The third-order valence-electron chi connectivity index (χ3n) is 5.84. The minimum Gasteiger partial charge on any atom is -0.376 e. The van der Waals surface area contributed by atoms with E-state index in [0.717, 1.165) is 37.1 Å². The first-order valence-electron chi connectivity index (χ1n) is 9.37. The smallest absolute Gasteiger partial charge is 0.376 e. The molecule has 1 N–H and O–H groups in total. The number of hydrogen-bond donors (Lipinski definition) is 1. The van der Waals surface area contributed by atoms with Crippen LogP contribution in [-0.2, 0) is 15.6 Å². The van der Waals surface area contributed by atoms with E-state index >= 15 is 0 Å². The summed E-state index contributed by atoms with van der Waals surface area (Å²) in [5.41, 5.74) is -3.78. The molecule has 3 rings (SSSR count). The zero-order valence-corrected chi connectivity index (χ0v) is 17.1. The topological polar surface area (TPSA) is 84.6 Å². The van der Waals surface area contributed by atoms with Crippen LogP contribution in [0.1, 0.15) is 32.3 Å². The van der Waals surface area contributed by atoms with Gasteiger partial charge in [-0.15, -0.1) is 0 Å². The molecular formula is C19H24F3N3O3S. The second kappa shape index (κ2) is 7.23. The molecule has 0 radical (unpaired) electrons. The van der Waals surface area contributed by atoms with Crippen molar-refractivity contribution in [2.45, 2.75) is 49.4 Å². The Labute approximate surface area is 168 Å². The van der Waals surface area contributed by atoms with Gasteiger partial charge in [0.15, 0.2) is 5.60 Å². The number of alkyl halides is 3. The highest BCUT2D eigenvalue weighted by Crippen LogP contribution is 2.45. The van der Waals surface area contributed by atoms with Crippen LogP contribution in [0.25, 0.3) is 0 Å². The van der Waals surface area contributed by atoms with Crippen LogP contribution in [0.15, 0.2) is 29.2 Å². The molecular weight excluding hydrogens is 407 g/mol. The first-order chi connectivity index (χ1) is 13.3. The summed E-state index contributed by atoms with van der Waals surface area (Å²) in [7, 11) is -3.89. The van der Waals surface area contributed by atoms with Gasteiger partial charge >= 0.3 is 6.18 Å². The molecule has 0 bridgehead atoms. The van der Waals surface area contributed by atoms with Crippen molar-refractivity contribution >= 4 is 10.0 Å². The lowest BCUT2D eigenvalue weighted by Gasteiger charge is -2.39. The van der Waals surface area contributed by atoms with E-state index in [1.165, 1.54) is 4.31 Å². The maximum atomic E-state index is 13.0. The second-order valence-electron chi connectivity index (χ2n) is 8.19. The van der Waals surface area contributed by atoms with Gasteiger partial charge in [0.1, 0.15) is 0 Å². The van der Waals surface area contributed by atoms with E-state index in [0.29, 0.717) is 26.6 Å². The maximum absolute atomic E-state index is 13.0. The van der Waals surface area contributed by atoms with E-state index < -0.39 is 27.4 Å². The van der Waals surface area contributed by atoms with Gasteiger partial charge in [0.05, 0.1) is 16.4 Å². The minimum atomic E-state index is -4.87. The van der Waals surface area contributed by atoms with Crippen LogP contribution in [0.4, 0.5) is 13.2 Å². The fourth-order valence-corrected chi connectivity index (χ4v) is 5.27. The van der Waals surface area contributed by atoms with E-state index in [1.54, 1.807) is 6.92 Å². The standard InChI is InChI=1S/C19H24F3N3O3S/c1-14-11-24(13-18(12-23)7-8-18)9-10-25(14)29(27,28)16-5-3-15(4-6-16)17(2,26)19(20,21)22/h3-6,14,26H,7-11,13H2,1-2H3/t14-,17?/m1/s1. The van der Waals surface area contributed by atoms with Crippen molar-refractivity contribution in [1.29, 1.82) is 5.26 Å². The molecule has 1 saturated heterocycles. The largest absolute Gasteiger partial charge is 0.421 e. The normalized spacial score (nSPS) is 25.2. The van der Waals surface area contributed by atoms with Crippen molar-refractivity contribution < 1.29 is 26.7 Å². The SMILES string of the molecule is C[C@@H]1CN(CC2(C#N)CC2)CCN1S(=O)(=O)c1ccc(C(C)(O)C(F)(F)F)cc1. The molecule has 0 aromatic heterocycles. The first-order valence-corrected chi connectivity index (χ1v) is 10.8. The van der Waals surface area contributed by atoms with E-state index in [2.05, 4.69) is 11.0 Å². The van der Waals surface area contributed by atoms with Crippen LogP contribution in [0, 0.1) is 16.7 Å². The van der Waals surface area contributed by atoms with Crippen molar-refractivity contribution in [3.8, 4) is 6.07 Å². The van der Waals surface area contributed by atoms with Gasteiger partial charge in [0.2, 0.25) is 10.0 Å². The minimum absolute atomic E-state index is 0.116. The number of hydrogen-bond acceptors (Lipinski definition) is 5. The number of nitriles is 1. The average molecular weight is 431 g/mol. The number of benzene rings is 1. The molecule has 1 aliphatic heterocycles. The lowest BCUT2D eigenvalue weighted by atomic mass is 9.96. The van der Waals surface area contributed by atoms with Gasteiger partial charge in [-0.25, -0.2) is 8.42 Å². The quantitative estimate of drug-likeness (QED) is 0.774. The Kier molecular flexibility index (Phi) is 5.49. The predicted molar refractivity (Wildman–Crippen MR) is 99.1 cm³/mol. The fraction of sp³-hybridized carbons (Fsp3) is 0.632. The highest BCUT2D eigenvalue weighted by Gasteiger charge is 2.51. The van der Waals surface area contributed by atoms with E-state index in [4.69, 9.17) is 0 Å². The molecule has 1 heterocycles. The zero-order chi connectivity index (χ0) is 21.7. The highest BCUT2D eigenvalue weighted by molar-refractivity contribution is 7.89. The summed E-state index contributed by atoms with van der Waals surface area (Å²) in [5.74, 6) is 0. The molecule has 2 aliphatic rings. The number of sulfonamides is 1. The molecule has 0 amide bonds. The number of rotatable bonds is 5. The van der Waals surface area contributed by atoms with Crippen LogP contribution in [0.2, 0.25) is 0 Å². The summed E-state index contributed by atoms with van der Waals surface area (Å²) in [4.78, 5) is 1.98. The summed E-state index contributed by atoms with van der Waals surface area (Å²) in [6.45, 7) is 4.26. The zero-order valence-electron chi connectivity index (χ0n) is 16.3. The van der Waals surface area contributed by atoms with Crippen LogP contribution in [0.5, 0.6) is 0 Å². The van der Waals surface area contributed by atoms with Gasteiger partial charge in [-0.3, -0.25) is 4.90 Å². The maximum Gasteiger partial charge on any atom is 0.421 e. The fourth-order valence-electron chi connectivity index (χ4n) is 3.65. The highest BCUT2D eigenvalue weighted by atomic mass is 32.2. The summed E-state index contributed by atoms with van der Waals surface area (Å²) in [6.07, 6.45) is -3.14. The Balaban J connectivity index is 1.73. The van der Waals surface area contributed by atoms with E-state index in [-0.39, 0.29) is 22.9 Å². The lowest BCUT2D eigenvalue weighted by molar-refractivity contribution is -0.258. The Morgan fingerprint density at radius 3 is 2.28 bits per heavy atom. The lowest BCUT2D eigenvalue weighted by Crippen LogP contribution is -2.54. The van der Waals surface area contributed by atoms with Gasteiger partial charge in [-0.05, 0) is 44.4 Å². The van der Waals surface area contributed by atoms with Crippen molar-refractivity contribution in [3.63, 3.8) is 0 Å². The molecule has 160 valence electrons. The summed E-state index contributed by atoms with van der Waals surface area (Å²) in [5, 5.41) is 19.0. The Bertz CT molecular complexity index is 903. The number of nitrogens with zero attached hydrogens (tertiary/aromatic N) is 3. The molecule has 6 nitrogen and oxygen atoms in total. The number of halogens is 3. The van der Waals surface area contributed by atoms with E-state index in [9.17, 15) is 32.0 Å². The van der Waals surface area contributed by atoms with Gasteiger partial charge < -0.3 is 5.11 Å². The summed E-state index contributed by atoms with van der Waals surface area (Å²) < 4.78 is 66.2. The molecule has 1 aromatic rings. The average Bonchev–Trinajstić information content (AvgIpc) is 3.40. The predicted octanol–water partition coefficient (Wildman–Crippen LogP) is 2.45. The second-order valence-corrected chi connectivity index (χ2v) is 10.1. The third kappa shape index (κ3) is 4.14. The monoisotopic (exact) mass is 431 g/mol. The number of aliphatic hydroxyl groups is 1. The summed E-state index contributed by atoms with van der Waals surface area (Å²) >= 11 is 0. The Hall–Kier alpha value is -1.67. The Morgan fingerprint density at radius 1 is 1.24 bits per heavy atom. The van der Waals surface area contributed by atoms with Gasteiger partial charge in [0, 0.05) is 32.2 Å². The van der Waals surface area contributed by atoms with Crippen LogP contribution < -0.4 is 0 Å². The third-order valence-corrected chi connectivity index (χ3v) is 7.87. The van der Waals surface area contributed by atoms with Crippen LogP contribution in [0.3, 0.4) is 0 Å². The van der Waals surface area contributed by atoms with Crippen molar-refractivity contribution in [2.75, 3.05) is 26.2 Å². The van der Waals surface area contributed by atoms with E-state index in [1.807, 2.05) is 0 Å². The first kappa shape index (κ1) is 22.0. The van der Waals surface area contributed by atoms with Gasteiger partial charge in [-0.2, -0.15) is 22.7 Å². The molecule has 10 heteroatoms. The summed E-state index contributed by atoms with van der Waals surface area (Å²) in [6, 6.07) is 6.18. The van der Waals surface area contributed by atoms with Crippen molar-refractivity contribution in [2.24, 2.45) is 5.41 Å². The molecule has 29 heavy (non-hydrogen) atoms. The molecule has 1 saturated carbocycles. The van der Waals surface area contributed by atoms with Crippen molar-refractivity contribution in [1.82, 2.24) is 9.21 Å². The molecule has 1 aromatic carbocycles. The van der Waals surface area contributed by atoms with Crippen LogP contribution in [-0.4, -0.2) is 61.1 Å². The molecule has 0 spiro atoms. The van der Waals surface area contributed by atoms with Gasteiger partial charge in [-0.1, -0.05) is 12.1 Å². The Morgan fingerprint density at radius 2 is 1.83 bits per heavy atom. The molecule has 1 unspecified atom stereocenters. The van der Waals surface area contributed by atoms with Crippen LogP contribution >= 0.6 is 0 Å².